The summed E-state index contributed by atoms with van der Waals surface area (Å²) in [4.78, 5) is 0. The van der Waals surface area contributed by atoms with E-state index in [0.717, 1.165) is 45.1 Å². The van der Waals surface area contributed by atoms with Gasteiger partial charge in [0.15, 0.2) is 0 Å². The second-order valence-electron chi connectivity index (χ2n) is 14.1. The van der Waals surface area contributed by atoms with E-state index in [-0.39, 0.29) is 25.7 Å². The van der Waals surface area contributed by atoms with Crippen molar-refractivity contribution in [3.63, 3.8) is 0 Å². The first-order valence-electron chi connectivity index (χ1n) is 16.5. The van der Waals surface area contributed by atoms with Crippen molar-refractivity contribution in [1.29, 1.82) is 0 Å². The van der Waals surface area contributed by atoms with Gasteiger partial charge in [-0.25, -0.2) is 0 Å². The molecule has 0 aromatic heterocycles. The maximum atomic E-state index is 6.57. The molecular formula is C46H50Cl2SiZr-4. The van der Waals surface area contributed by atoms with E-state index in [1.807, 2.05) is 0 Å². The summed E-state index contributed by atoms with van der Waals surface area (Å²) in [5.74, 6) is 0. The molecule has 0 amide bonds. The molecule has 50 heavy (non-hydrogen) atoms. The van der Waals surface area contributed by atoms with Gasteiger partial charge in [-0.05, 0) is 58.1 Å². The molecule has 2 radical (unpaired) electrons. The molecule has 260 valence electrons. The molecular weight excluding hydrogens is 743 g/mol. The van der Waals surface area contributed by atoms with Gasteiger partial charge in [0.25, 0.3) is 0 Å². The van der Waals surface area contributed by atoms with E-state index in [4.69, 9.17) is 23.2 Å². The summed E-state index contributed by atoms with van der Waals surface area (Å²) < 4.78 is 0. The quantitative estimate of drug-likeness (QED) is 0.123. The minimum absolute atomic E-state index is 0. The molecule has 4 heteroatoms. The van der Waals surface area contributed by atoms with Crippen molar-refractivity contribution in [2.45, 2.75) is 79.1 Å². The second-order valence-corrected chi connectivity index (χ2v) is 14.9. The van der Waals surface area contributed by atoms with Crippen LogP contribution in [-0.2, 0) is 47.0 Å². The van der Waals surface area contributed by atoms with Gasteiger partial charge in [0.2, 0.25) is 0 Å². The van der Waals surface area contributed by atoms with Gasteiger partial charge >= 0.3 is 30.2 Å². The van der Waals surface area contributed by atoms with Crippen molar-refractivity contribution in [2.24, 2.45) is 0 Å². The average Bonchev–Trinajstić information content (AvgIpc) is 3.52. The van der Waals surface area contributed by atoms with Gasteiger partial charge < -0.3 is 14.9 Å². The Morgan fingerprint density at radius 1 is 0.520 bits per heavy atom. The number of hydrogen-bond donors (Lipinski definition) is 0. The summed E-state index contributed by atoms with van der Waals surface area (Å²) in [6, 6.07) is 41.2. The van der Waals surface area contributed by atoms with Gasteiger partial charge in [-0.1, -0.05) is 138 Å². The fourth-order valence-corrected chi connectivity index (χ4v) is 6.95. The first-order valence-corrected chi connectivity index (χ1v) is 21.5. The first-order chi connectivity index (χ1) is 22.8. The number of rotatable bonds is 4. The topological polar surface area (TPSA) is 0 Å². The standard InChI is InChI=1S/2C22H22Cl.2CH3.Si.Zr/c2*1-5-15-12-16-8-6-7-9-18(19(16)13-15)17-10-11-20(21(23)14-17)22(2,3)4;;;;/h2*6-11,13-14H,5H2,1-4H3;2*1H3;;/q4*-1;;. The number of aryl methyl sites for hydroxylation is 2. The predicted molar refractivity (Wildman–Crippen MR) is 219 cm³/mol. The van der Waals surface area contributed by atoms with E-state index < -0.39 is 0 Å². The third-order valence-electron chi connectivity index (χ3n) is 8.60. The van der Waals surface area contributed by atoms with E-state index in [2.05, 4.69) is 171 Å². The maximum absolute atomic E-state index is 6.57. The van der Waals surface area contributed by atoms with Crippen molar-refractivity contribution < 1.29 is 23.3 Å². The van der Waals surface area contributed by atoms with E-state index in [9.17, 15) is 0 Å². The Hall–Kier alpha value is -2.48. The Bertz CT molecular complexity index is 1790. The van der Waals surface area contributed by atoms with Crippen molar-refractivity contribution in [3.8, 4) is 44.5 Å². The van der Waals surface area contributed by atoms with Crippen LogP contribution in [0.4, 0.5) is 0 Å². The summed E-state index contributed by atoms with van der Waals surface area (Å²) in [5, 5.41) is 1.67. The number of hydrogen-bond acceptors (Lipinski definition) is 0. The molecule has 0 fully saturated rings. The van der Waals surface area contributed by atoms with Crippen LogP contribution < -0.4 is 0 Å². The SMILES string of the molecule is CCc1[c-]c2ccccc(-c3ccc(C(C)(C)C)c(Cl)c3)c-2c1.CCc1[c-]c2ccccc(-c3ccc(C(C)(C)C)c(Cl)c3)c-2c1.[CH3-].[CH3-].[Si]=[Zr]. The molecule has 0 atom stereocenters. The van der Waals surface area contributed by atoms with Crippen LogP contribution in [0.1, 0.15) is 77.6 Å². The van der Waals surface area contributed by atoms with E-state index in [0.29, 0.717) is 0 Å². The van der Waals surface area contributed by atoms with Gasteiger partial charge in [-0.2, -0.15) is 23.3 Å². The van der Waals surface area contributed by atoms with Crippen molar-refractivity contribution in [1.82, 2.24) is 0 Å². The zero-order valence-electron chi connectivity index (χ0n) is 31.4. The molecule has 0 bridgehead atoms. The van der Waals surface area contributed by atoms with Crippen LogP contribution in [0.5, 0.6) is 0 Å². The van der Waals surface area contributed by atoms with Crippen LogP contribution in [-0.4, -0.2) is 6.88 Å². The first kappa shape index (κ1) is 43.7. The predicted octanol–water partition coefficient (Wildman–Crippen LogP) is 14.1. The molecule has 0 saturated carbocycles. The Kier molecular flexibility index (Phi) is 16.5. The Labute approximate surface area is 330 Å². The number of fused-ring (bicyclic) bond motifs is 2. The van der Waals surface area contributed by atoms with Crippen LogP contribution in [0.3, 0.4) is 0 Å². The second kappa shape index (κ2) is 18.8. The summed E-state index contributed by atoms with van der Waals surface area (Å²) in [5.41, 5.74) is 14.5. The minimum atomic E-state index is 0. The van der Waals surface area contributed by atoms with Gasteiger partial charge in [0.1, 0.15) is 0 Å². The van der Waals surface area contributed by atoms with Crippen LogP contribution in [0.2, 0.25) is 10.0 Å². The zero-order valence-corrected chi connectivity index (χ0v) is 36.4. The van der Waals surface area contributed by atoms with E-state index in [1.54, 1.807) is 0 Å². The molecule has 6 rings (SSSR count). The van der Waals surface area contributed by atoms with Gasteiger partial charge in [0, 0.05) is 10.0 Å². The summed E-state index contributed by atoms with van der Waals surface area (Å²) in [7, 11) is 0. The third-order valence-corrected chi connectivity index (χ3v) is 9.23. The van der Waals surface area contributed by atoms with Gasteiger partial charge in [-0.3, -0.25) is 0 Å². The van der Waals surface area contributed by atoms with Crippen LogP contribution in [0.25, 0.3) is 44.5 Å². The summed E-state index contributed by atoms with van der Waals surface area (Å²) in [6.07, 6.45) is 2.00. The molecule has 0 saturated heterocycles. The molecule has 0 heterocycles. The fraction of sp³-hybridized carbons (Fsp3) is 0.261. The normalized spacial score (nSPS) is 11.0. The number of halogens is 2. The molecule has 2 aromatic carbocycles. The van der Waals surface area contributed by atoms with E-state index >= 15 is 0 Å². The number of benzene rings is 2. The molecule has 0 aliphatic heterocycles. The third kappa shape index (κ3) is 10.3. The molecule has 0 nitrogen and oxygen atoms in total. The van der Waals surface area contributed by atoms with Gasteiger partial charge in [-0.15, -0.1) is 58.7 Å². The van der Waals surface area contributed by atoms with Crippen LogP contribution in [0, 0.1) is 27.0 Å². The van der Waals surface area contributed by atoms with E-state index in [1.165, 1.54) is 67.8 Å². The van der Waals surface area contributed by atoms with Crippen molar-refractivity contribution >= 4 is 30.1 Å². The zero-order chi connectivity index (χ0) is 35.2. The summed E-state index contributed by atoms with van der Waals surface area (Å²) >= 11 is 14.5. The van der Waals surface area contributed by atoms with Crippen molar-refractivity contribution in [3.05, 3.63) is 156 Å². The monoisotopic (exact) mass is 790 g/mol. The molecule has 0 unspecified atom stereocenters. The Balaban J connectivity index is 0.000000318. The molecule has 0 N–H and O–H groups in total. The molecule has 0 spiro atoms. The molecule has 2 aromatic rings. The fourth-order valence-electron chi connectivity index (χ4n) is 6.02. The van der Waals surface area contributed by atoms with Crippen LogP contribution >= 0.6 is 23.2 Å². The van der Waals surface area contributed by atoms with Gasteiger partial charge in [0.05, 0.1) is 0 Å². The Morgan fingerprint density at radius 3 is 1.16 bits per heavy atom. The van der Waals surface area contributed by atoms with Crippen molar-refractivity contribution in [2.75, 3.05) is 0 Å². The molecule has 4 aliphatic carbocycles. The Morgan fingerprint density at radius 2 is 0.860 bits per heavy atom. The molecule has 4 aliphatic rings. The van der Waals surface area contributed by atoms with Crippen LogP contribution in [0.15, 0.2) is 97.1 Å². The summed E-state index contributed by atoms with van der Waals surface area (Å²) in [6.45, 7) is 20.5. The average molecular weight is 793 g/mol.